The van der Waals surface area contributed by atoms with Gasteiger partial charge in [-0.2, -0.15) is 0 Å². The van der Waals surface area contributed by atoms with Crippen LogP contribution in [-0.4, -0.2) is 0 Å². The van der Waals surface area contributed by atoms with Crippen LogP contribution < -0.4 is 0 Å². The molecule has 0 bridgehead atoms. The van der Waals surface area contributed by atoms with Gasteiger partial charge in [-0.3, -0.25) is 0 Å². The van der Waals surface area contributed by atoms with E-state index in [9.17, 15) is 0 Å². The monoisotopic (exact) mass is 466 g/mol. The molecule has 0 saturated carbocycles. The molecule has 0 saturated heterocycles. The van der Waals surface area contributed by atoms with Gasteiger partial charge in [-0.25, -0.2) is 0 Å². The first-order valence-electron chi connectivity index (χ1n) is 14.1. The molecule has 0 spiro atoms. The highest BCUT2D eigenvalue weighted by molar-refractivity contribution is 7.99. The molecule has 1 heteroatoms. The molecule has 0 atom stereocenters. The SMILES string of the molecule is CCCCCc1cccc(Sc2cccc(CCCCC)c2CCCCC)c1CCCCC. The second kappa shape index (κ2) is 17.3. The minimum absolute atomic E-state index is 1.24. The lowest BCUT2D eigenvalue weighted by atomic mass is 9.97. The van der Waals surface area contributed by atoms with Gasteiger partial charge in [-0.05, 0) is 85.8 Å². The van der Waals surface area contributed by atoms with Crippen molar-refractivity contribution in [2.75, 3.05) is 0 Å². The molecule has 0 unspecified atom stereocenters. The Labute approximate surface area is 210 Å². The van der Waals surface area contributed by atoms with Gasteiger partial charge in [-0.15, -0.1) is 0 Å². The normalized spacial score (nSPS) is 11.3. The maximum absolute atomic E-state index is 2.41. The van der Waals surface area contributed by atoms with Crippen LogP contribution >= 0.6 is 11.8 Å². The minimum atomic E-state index is 1.24. The molecular weight excluding hydrogens is 416 g/mol. The Morgan fingerprint density at radius 1 is 0.455 bits per heavy atom. The predicted octanol–water partition coefficient (Wildman–Crippen LogP) is 10.8. The summed E-state index contributed by atoms with van der Waals surface area (Å²) >= 11 is 2.06. The molecular formula is C32H50S. The molecule has 0 aromatic heterocycles. The van der Waals surface area contributed by atoms with E-state index >= 15 is 0 Å². The third-order valence-corrected chi connectivity index (χ3v) is 8.04. The fourth-order valence-corrected chi connectivity index (χ4v) is 6.05. The highest BCUT2D eigenvalue weighted by atomic mass is 32.2. The smallest absolute Gasteiger partial charge is 0.0157 e. The standard InChI is InChI=1S/C32H50S/c1-5-9-13-19-27-21-17-25-31(29(27)23-15-11-7-3)33-32-26-18-22-28(20-14-10-6-2)30(32)24-16-12-8-4/h17-18,21-22,25-26H,5-16,19-20,23-24H2,1-4H3. The first-order chi connectivity index (χ1) is 16.2. The molecule has 0 aliphatic heterocycles. The first-order valence-corrected chi connectivity index (χ1v) is 15.0. The molecule has 0 radical (unpaired) electrons. The molecule has 0 nitrogen and oxygen atoms in total. The number of aryl methyl sites for hydroxylation is 2. The van der Waals surface area contributed by atoms with Crippen LogP contribution in [0.25, 0.3) is 0 Å². The van der Waals surface area contributed by atoms with E-state index in [2.05, 4.69) is 75.9 Å². The largest absolute Gasteiger partial charge is 0.0895 e. The van der Waals surface area contributed by atoms with E-state index in [0.717, 1.165) is 0 Å². The van der Waals surface area contributed by atoms with E-state index in [1.165, 1.54) is 113 Å². The molecule has 0 aliphatic carbocycles. The summed E-state index contributed by atoms with van der Waals surface area (Å²) < 4.78 is 0. The topological polar surface area (TPSA) is 0 Å². The average molecular weight is 467 g/mol. The molecule has 2 rings (SSSR count). The zero-order chi connectivity index (χ0) is 23.7. The zero-order valence-corrected chi connectivity index (χ0v) is 23.0. The summed E-state index contributed by atoms with van der Waals surface area (Å²) in [4.78, 5) is 3.03. The first kappa shape index (κ1) is 28.0. The van der Waals surface area contributed by atoms with Gasteiger partial charge in [-0.1, -0.05) is 115 Å². The van der Waals surface area contributed by atoms with Crippen LogP contribution in [0.15, 0.2) is 46.2 Å². The quantitative estimate of drug-likeness (QED) is 0.197. The molecule has 2 aromatic rings. The van der Waals surface area contributed by atoms with Crippen molar-refractivity contribution >= 4 is 11.8 Å². The molecule has 0 amide bonds. The minimum Gasteiger partial charge on any atom is -0.0895 e. The van der Waals surface area contributed by atoms with Crippen molar-refractivity contribution in [2.24, 2.45) is 0 Å². The van der Waals surface area contributed by atoms with Crippen molar-refractivity contribution in [3.63, 3.8) is 0 Å². The van der Waals surface area contributed by atoms with Gasteiger partial charge in [0.25, 0.3) is 0 Å². The van der Waals surface area contributed by atoms with Crippen molar-refractivity contribution in [3.8, 4) is 0 Å². The Morgan fingerprint density at radius 2 is 0.818 bits per heavy atom. The van der Waals surface area contributed by atoms with Gasteiger partial charge in [0.15, 0.2) is 0 Å². The molecule has 184 valence electrons. The van der Waals surface area contributed by atoms with Crippen molar-refractivity contribution in [3.05, 3.63) is 58.7 Å². The van der Waals surface area contributed by atoms with Crippen LogP contribution in [0.4, 0.5) is 0 Å². The maximum atomic E-state index is 2.41. The maximum Gasteiger partial charge on any atom is 0.0157 e. The molecule has 0 aliphatic rings. The van der Waals surface area contributed by atoms with Gasteiger partial charge in [0, 0.05) is 9.79 Å². The fraction of sp³-hybridized carbons (Fsp3) is 0.625. The molecule has 2 aromatic carbocycles. The zero-order valence-electron chi connectivity index (χ0n) is 22.2. The fourth-order valence-electron chi connectivity index (χ4n) is 4.80. The predicted molar refractivity (Wildman–Crippen MR) is 150 cm³/mol. The third kappa shape index (κ3) is 9.89. The van der Waals surface area contributed by atoms with Crippen molar-refractivity contribution in [1.29, 1.82) is 0 Å². The van der Waals surface area contributed by atoms with E-state index in [0.29, 0.717) is 0 Å². The number of hydrogen-bond acceptors (Lipinski definition) is 1. The summed E-state index contributed by atoms with van der Waals surface area (Å²) in [5.74, 6) is 0. The number of benzene rings is 2. The average Bonchev–Trinajstić information content (AvgIpc) is 2.82. The van der Waals surface area contributed by atoms with Crippen LogP contribution in [-0.2, 0) is 25.7 Å². The Hall–Kier alpha value is -1.21. The third-order valence-electron chi connectivity index (χ3n) is 6.84. The molecule has 0 fully saturated rings. The second-order valence-corrected chi connectivity index (χ2v) is 10.8. The second-order valence-electron chi connectivity index (χ2n) is 9.72. The lowest BCUT2D eigenvalue weighted by Crippen LogP contribution is -2.01. The molecule has 33 heavy (non-hydrogen) atoms. The van der Waals surface area contributed by atoms with E-state index in [-0.39, 0.29) is 0 Å². The molecule has 0 N–H and O–H groups in total. The summed E-state index contributed by atoms with van der Waals surface area (Å²) in [6.07, 6.45) is 20.8. The summed E-state index contributed by atoms with van der Waals surface area (Å²) in [6.45, 7) is 9.24. The summed E-state index contributed by atoms with van der Waals surface area (Å²) in [5, 5.41) is 0. The highest BCUT2D eigenvalue weighted by Crippen LogP contribution is 2.37. The summed E-state index contributed by atoms with van der Waals surface area (Å²) in [7, 11) is 0. The van der Waals surface area contributed by atoms with Crippen LogP contribution in [0.1, 0.15) is 127 Å². The number of unbranched alkanes of at least 4 members (excludes halogenated alkanes) is 8. The number of rotatable bonds is 18. The van der Waals surface area contributed by atoms with E-state index < -0.39 is 0 Å². The van der Waals surface area contributed by atoms with Gasteiger partial charge in [0.2, 0.25) is 0 Å². The van der Waals surface area contributed by atoms with Crippen molar-refractivity contribution < 1.29 is 0 Å². The van der Waals surface area contributed by atoms with E-state index in [1.54, 1.807) is 22.3 Å². The van der Waals surface area contributed by atoms with Gasteiger partial charge in [0.1, 0.15) is 0 Å². The Balaban J connectivity index is 2.33. The van der Waals surface area contributed by atoms with Gasteiger partial charge in [0.05, 0.1) is 0 Å². The summed E-state index contributed by atoms with van der Waals surface area (Å²) in [5.41, 5.74) is 6.50. The lowest BCUT2D eigenvalue weighted by Gasteiger charge is -2.18. The molecule has 0 heterocycles. The van der Waals surface area contributed by atoms with Crippen molar-refractivity contribution in [1.82, 2.24) is 0 Å². The van der Waals surface area contributed by atoms with Crippen LogP contribution in [0.5, 0.6) is 0 Å². The Bertz CT molecular complexity index is 711. The summed E-state index contributed by atoms with van der Waals surface area (Å²) in [6, 6.07) is 14.2. The van der Waals surface area contributed by atoms with Crippen LogP contribution in [0, 0.1) is 0 Å². The Kier molecular flexibility index (Phi) is 14.7. The van der Waals surface area contributed by atoms with Gasteiger partial charge < -0.3 is 0 Å². The number of hydrogen-bond donors (Lipinski definition) is 0. The van der Waals surface area contributed by atoms with Crippen LogP contribution in [0.2, 0.25) is 0 Å². The van der Waals surface area contributed by atoms with E-state index in [4.69, 9.17) is 0 Å². The van der Waals surface area contributed by atoms with Crippen LogP contribution in [0.3, 0.4) is 0 Å². The van der Waals surface area contributed by atoms with E-state index in [1.807, 2.05) is 0 Å². The highest BCUT2D eigenvalue weighted by Gasteiger charge is 2.14. The Morgan fingerprint density at radius 3 is 1.18 bits per heavy atom. The lowest BCUT2D eigenvalue weighted by molar-refractivity contribution is 0.686. The van der Waals surface area contributed by atoms with Gasteiger partial charge >= 0.3 is 0 Å². The van der Waals surface area contributed by atoms with Crippen molar-refractivity contribution in [2.45, 2.75) is 140 Å².